The molecule has 1 aromatic heterocycles. The molecule has 1 heterocycles. The van der Waals surface area contributed by atoms with Gasteiger partial charge in [-0.2, -0.15) is 5.10 Å². The highest BCUT2D eigenvalue weighted by molar-refractivity contribution is 7.90. The van der Waals surface area contributed by atoms with Crippen molar-refractivity contribution >= 4 is 10.0 Å². The molecule has 0 amide bonds. The summed E-state index contributed by atoms with van der Waals surface area (Å²) >= 11 is 0. The van der Waals surface area contributed by atoms with Crippen molar-refractivity contribution in [3.05, 3.63) is 18.0 Å². The van der Waals surface area contributed by atoms with Gasteiger partial charge in [0.15, 0.2) is 0 Å². The summed E-state index contributed by atoms with van der Waals surface area (Å²) in [6.45, 7) is 11.2. The van der Waals surface area contributed by atoms with Crippen LogP contribution < -0.4 is 4.72 Å². The molecule has 0 bridgehead atoms. The monoisotopic (exact) mass is 313 g/mol. The number of rotatable bonds is 6. The van der Waals surface area contributed by atoms with Crippen LogP contribution in [-0.4, -0.2) is 29.0 Å². The Morgan fingerprint density at radius 3 is 2.43 bits per heavy atom. The van der Waals surface area contributed by atoms with Crippen molar-refractivity contribution in [3.63, 3.8) is 0 Å². The van der Waals surface area contributed by atoms with Crippen LogP contribution in [0.15, 0.2) is 12.4 Å². The molecule has 0 aliphatic heterocycles. The van der Waals surface area contributed by atoms with Crippen LogP contribution >= 0.6 is 0 Å². The van der Waals surface area contributed by atoms with Gasteiger partial charge in [-0.3, -0.25) is 4.68 Å². The molecule has 0 unspecified atom stereocenters. The van der Waals surface area contributed by atoms with E-state index >= 15 is 0 Å². The third-order valence-electron chi connectivity index (χ3n) is 3.35. The van der Waals surface area contributed by atoms with Crippen LogP contribution in [0.5, 0.6) is 0 Å². The van der Waals surface area contributed by atoms with Gasteiger partial charge in [-0.25, -0.2) is 13.1 Å². The van der Waals surface area contributed by atoms with Gasteiger partial charge in [-0.15, -0.1) is 0 Å². The Morgan fingerprint density at radius 2 is 1.90 bits per heavy atom. The van der Waals surface area contributed by atoms with E-state index in [4.69, 9.17) is 0 Å². The number of nitrogens with one attached hydrogen (secondary N) is 1. The Morgan fingerprint density at radius 1 is 1.29 bits per heavy atom. The normalized spacial score (nSPS) is 17.2. The van der Waals surface area contributed by atoms with Gasteiger partial charge in [-0.05, 0) is 44.1 Å². The van der Waals surface area contributed by atoms with E-state index in [0.717, 1.165) is 24.9 Å². The highest BCUT2D eigenvalue weighted by Gasteiger charge is 2.38. The van der Waals surface area contributed by atoms with E-state index in [1.54, 1.807) is 0 Å². The van der Waals surface area contributed by atoms with Crippen LogP contribution in [0.3, 0.4) is 0 Å². The maximum Gasteiger partial charge on any atom is 0.214 e. The second-order valence-electron chi connectivity index (χ2n) is 8.01. The predicted molar refractivity (Wildman–Crippen MR) is 84.5 cm³/mol. The molecule has 0 aromatic carbocycles. The van der Waals surface area contributed by atoms with Crippen LogP contribution in [0.1, 0.15) is 53.0 Å². The number of sulfonamides is 1. The van der Waals surface area contributed by atoms with Gasteiger partial charge in [-0.1, -0.05) is 20.8 Å². The maximum atomic E-state index is 12.1. The molecule has 1 fully saturated rings. The van der Waals surface area contributed by atoms with Crippen molar-refractivity contribution in [2.75, 3.05) is 0 Å². The fraction of sp³-hybridized carbons (Fsp3) is 0.800. The second kappa shape index (κ2) is 5.39. The summed E-state index contributed by atoms with van der Waals surface area (Å²) in [7, 11) is -3.16. The Kier molecular flexibility index (Phi) is 4.23. The summed E-state index contributed by atoms with van der Waals surface area (Å²) in [6.07, 6.45) is 6.06. The summed E-state index contributed by atoms with van der Waals surface area (Å²) in [5.41, 5.74) is 0.742. The molecule has 0 radical (unpaired) electrons. The van der Waals surface area contributed by atoms with E-state index in [0.29, 0.717) is 6.42 Å². The van der Waals surface area contributed by atoms with E-state index in [-0.39, 0.29) is 10.7 Å². The molecule has 5 nitrogen and oxygen atoms in total. The SMILES string of the molecule is CC(C)(C)Cn1cc(CC(C)(C)NS(=O)(=O)C2CC2)cn1. The summed E-state index contributed by atoms with van der Waals surface area (Å²) in [5.74, 6) is 0. The topological polar surface area (TPSA) is 64.0 Å². The summed E-state index contributed by atoms with van der Waals surface area (Å²) in [6, 6.07) is 0. The molecular weight excluding hydrogens is 286 g/mol. The molecule has 1 aromatic rings. The standard InChI is InChI=1S/C15H27N3O2S/c1-14(2,3)11-18-10-12(9-16-18)8-15(4,5)17-21(19,20)13-6-7-13/h9-10,13,17H,6-8,11H2,1-5H3. The number of hydrogen-bond donors (Lipinski definition) is 1. The Labute approximate surface area is 128 Å². The van der Waals surface area contributed by atoms with Crippen molar-refractivity contribution in [1.29, 1.82) is 0 Å². The van der Waals surface area contributed by atoms with E-state index in [2.05, 4.69) is 30.6 Å². The zero-order valence-electron chi connectivity index (χ0n) is 13.7. The minimum absolute atomic E-state index is 0.173. The fourth-order valence-corrected chi connectivity index (χ4v) is 4.23. The summed E-state index contributed by atoms with van der Waals surface area (Å²) < 4.78 is 28.9. The van der Waals surface area contributed by atoms with Gasteiger partial charge < -0.3 is 0 Å². The lowest BCUT2D eigenvalue weighted by molar-refractivity contribution is 0.325. The van der Waals surface area contributed by atoms with Crippen molar-refractivity contribution < 1.29 is 8.42 Å². The molecule has 21 heavy (non-hydrogen) atoms. The third-order valence-corrected chi connectivity index (χ3v) is 5.54. The van der Waals surface area contributed by atoms with Gasteiger partial charge in [0.1, 0.15) is 0 Å². The van der Waals surface area contributed by atoms with Gasteiger partial charge in [0, 0.05) is 18.3 Å². The largest absolute Gasteiger partial charge is 0.272 e. The first-order chi connectivity index (χ1) is 9.47. The smallest absolute Gasteiger partial charge is 0.214 e. The molecule has 120 valence electrons. The van der Waals surface area contributed by atoms with Crippen LogP contribution in [0, 0.1) is 5.41 Å². The average molecular weight is 313 g/mol. The Balaban J connectivity index is 2.00. The number of nitrogens with zero attached hydrogens (tertiary/aromatic N) is 2. The third kappa shape index (κ3) is 5.11. The number of hydrogen-bond acceptors (Lipinski definition) is 3. The quantitative estimate of drug-likeness (QED) is 0.876. The first kappa shape index (κ1) is 16.5. The number of aromatic nitrogens is 2. The minimum atomic E-state index is -3.16. The summed E-state index contributed by atoms with van der Waals surface area (Å²) in [4.78, 5) is 0. The average Bonchev–Trinajstić information content (AvgIpc) is 3.00. The molecule has 0 saturated heterocycles. The zero-order valence-corrected chi connectivity index (χ0v) is 14.5. The van der Waals surface area contributed by atoms with E-state index in [9.17, 15) is 8.42 Å². The molecule has 1 saturated carbocycles. The van der Waals surface area contributed by atoms with Crippen molar-refractivity contribution in [2.45, 2.75) is 71.2 Å². The lowest BCUT2D eigenvalue weighted by atomic mass is 9.97. The van der Waals surface area contributed by atoms with Gasteiger partial charge >= 0.3 is 0 Å². The van der Waals surface area contributed by atoms with E-state index in [1.807, 2.05) is 30.9 Å². The molecule has 6 heteroatoms. The lowest BCUT2D eigenvalue weighted by Crippen LogP contribution is -2.46. The van der Waals surface area contributed by atoms with Gasteiger partial charge in [0.2, 0.25) is 10.0 Å². The van der Waals surface area contributed by atoms with Gasteiger partial charge in [0.25, 0.3) is 0 Å². The first-order valence-electron chi connectivity index (χ1n) is 7.51. The minimum Gasteiger partial charge on any atom is -0.272 e. The molecule has 1 aliphatic rings. The fourth-order valence-electron chi connectivity index (χ4n) is 2.46. The van der Waals surface area contributed by atoms with Crippen LogP contribution in [0.2, 0.25) is 0 Å². The maximum absolute atomic E-state index is 12.1. The second-order valence-corrected chi connectivity index (χ2v) is 9.97. The lowest BCUT2D eigenvalue weighted by Gasteiger charge is -2.25. The highest BCUT2D eigenvalue weighted by Crippen LogP contribution is 2.29. The molecule has 1 N–H and O–H groups in total. The van der Waals surface area contributed by atoms with Crippen LogP contribution in [0.25, 0.3) is 0 Å². The van der Waals surface area contributed by atoms with E-state index in [1.165, 1.54) is 0 Å². The van der Waals surface area contributed by atoms with Crippen LogP contribution in [0.4, 0.5) is 0 Å². The van der Waals surface area contributed by atoms with Crippen molar-refractivity contribution in [2.24, 2.45) is 5.41 Å². The molecule has 0 spiro atoms. The van der Waals surface area contributed by atoms with Crippen molar-refractivity contribution in [1.82, 2.24) is 14.5 Å². The highest BCUT2D eigenvalue weighted by atomic mass is 32.2. The van der Waals surface area contributed by atoms with Crippen molar-refractivity contribution in [3.8, 4) is 0 Å². The predicted octanol–water partition coefficient (Wildman–Crippen LogP) is 2.33. The first-order valence-corrected chi connectivity index (χ1v) is 9.06. The molecular formula is C15H27N3O2S. The molecule has 1 aliphatic carbocycles. The van der Waals surface area contributed by atoms with Gasteiger partial charge in [0.05, 0.1) is 11.4 Å². The Bertz CT molecular complexity index is 593. The molecule has 2 rings (SSSR count). The zero-order chi connectivity index (χ0) is 15.9. The summed E-state index contributed by atoms with van der Waals surface area (Å²) in [5, 5.41) is 4.19. The Hall–Kier alpha value is -0.880. The molecule has 0 atom stereocenters. The van der Waals surface area contributed by atoms with Crippen LogP contribution in [-0.2, 0) is 23.0 Å². The van der Waals surface area contributed by atoms with E-state index < -0.39 is 15.6 Å².